The van der Waals surface area contributed by atoms with Gasteiger partial charge in [0.15, 0.2) is 0 Å². The van der Waals surface area contributed by atoms with E-state index in [1.165, 1.54) is 24.5 Å². The molecule has 1 atom stereocenters. The van der Waals surface area contributed by atoms with Crippen LogP contribution in [-0.4, -0.2) is 33.9 Å². The van der Waals surface area contributed by atoms with Crippen LogP contribution in [-0.2, 0) is 11.2 Å². The van der Waals surface area contributed by atoms with Crippen LogP contribution in [0.4, 0.5) is 14.5 Å². The number of H-pyrrole nitrogens is 1. The molecule has 0 saturated heterocycles. The number of aromatic amines is 1. The topological polar surface area (TPSA) is 78.1 Å². The highest BCUT2D eigenvalue weighted by Gasteiger charge is 2.29. The molecule has 4 rings (SSSR count). The van der Waals surface area contributed by atoms with Gasteiger partial charge in [-0.1, -0.05) is 11.6 Å². The van der Waals surface area contributed by atoms with E-state index in [9.17, 15) is 18.4 Å². The molecule has 3 aromatic rings. The number of nitrogens with zero attached hydrogens (tertiary/aromatic N) is 2. The monoisotopic (exact) mass is 418 g/mol. The highest BCUT2D eigenvalue weighted by molar-refractivity contribution is 6.31. The van der Waals surface area contributed by atoms with Crippen molar-refractivity contribution >= 4 is 34.1 Å². The van der Waals surface area contributed by atoms with Crippen molar-refractivity contribution in [2.24, 2.45) is 0 Å². The van der Waals surface area contributed by atoms with Crippen molar-refractivity contribution in [2.45, 2.75) is 19.4 Å². The lowest BCUT2D eigenvalue weighted by atomic mass is 9.93. The van der Waals surface area contributed by atoms with E-state index < -0.39 is 17.2 Å². The summed E-state index contributed by atoms with van der Waals surface area (Å²) < 4.78 is 27.9. The average Bonchev–Trinajstić information content (AvgIpc) is 2.66. The number of carbonyl (C=O) groups is 1. The Morgan fingerprint density at radius 3 is 2.93 bits per heavy atom. The maximum Gasteiger partial charge on any atom is 0.258 e. The second kappa shape index (κ2) is 7.44. The number of hydrogen-bond donors (Lipinski definition) is 2. The Bertz CT molecular complexity index is 1180. The summed E-state index contributed by atoms with van der Waals surface area (Å²) in [6.45, 7) is 2.09. The van der Waals surface area contributed by atoms with E-state index in [0.717, 1.165) is 17.2 Å². The number of carbonyl (C=O) groups excluding carboxylic acids is 1. The van der Waals surface area contributed by atoms with Gasteiger partial charge in [0.05, 0.1) is 35.5 Å². The van der Waals surface area contributed by atoms with Gasteiger partial charge in [-0.2, -0.15) is 0 Å². The first-order valence-electron chi connectivity index (χ1n) is 9.03. The van der Waals surface area contributed by atoms with Gasteiger partial charge >= 0.3 is 0 Å². The van der Waals surface area contributed by atoms with E-state index in [1.54, 1.807) is 4.90 Å². The lowest BCUT2D eigenvalue weighted by Crippen LogP contribution is -2.42. The summed E-state index contributed by atoms with van der Waals surface area (Å²) in [5.74, 6) is -1.30. The Hall–Kier alpha value is -3.00. The molecule has 0 radical (unpaired) electrons. The quantitative estimate of drug-likeness (QED) is 0.683. The molecule has 0 saturated carbocycles. The first-order valence-corrected chi connectivity index (χ1v) is 9.41. The van der Waals surface area contributed by atoms with Crippen LogP contribution in [0, 0.1) is 11.6 Å². The molecular formula is C20H17ClF2N4O2. The molecule has 9 heteroatoms. The molecular weight excluding hydrogens is 402 g/mol. The molecule has 1 aliphatic heterocycles. The van der Waals surface area contributed by atoms with Crippen LogP contribution in [0.25, 0.3) is 10.9 Å². The Labute approximate surface area is 169 Å². The zero-order valence-corrected chi connectivity index (χ0v) is 16.2. The number of anilines is 1. The largest absolute Gasteiger partial charge is 0.374 e. The van der Waals surface area contributed by atoms with Crippen molar-refractivity contribution in [3.8, 4) is 0 Å². The molecule has 6 nitrogen and oxygen atoms in total. The predicted molar refractivity (Wildman–Crippen MR) is 106 cm³/mol. The molecule has 29 heavy (non-hydrogen) atoms. The molecule has 2 heterocycles. The van der Waals surface area contributed by atoms with Gasteiger partial charge in [0.25, 0.3) is 5.56 Å². The summed E-state index contributed by atoms with van der Waals surface area (Å²) in [6.07, 6.45) is 1.72. The zero-order valence-electron chi connectivity index (χ0n) is 15.4. The molecule has 1 aromatic heterocycles. The van der Waals surface area contributed by atoms with Gasteiger partial charge in [-0.25, -0.2) is 13.8 Å². The van der Waals surface area contributed by atoms with E-state index in [2.05, 4.69) is 15.3 Å². The number of fused-ring (bicyclic) bond motifs is 2. The van der Waals surface area contributed by atoms with Crippen LogP contribution in [0.15, 0.2) is 35.4 Å². The molecule has 0 unspecified atom stereocenters. The third kappa shape index (κ3) is 3.55. The third-order valence-corrected chi connectivity index (χ3v) is 5.48. The van der Waals surface area contributed by atoms with Crippen LogP contribution in [0.2, 0.25) is 5.02 Å². The Morgan fingerprint density at radius 1 is 1.34 bits per heavy atom. The van der Waals surface area contributed by atoms with Crippen molar-refractivity contribution in [3.05, 3.63) is 68.7 Å². The van der Waals surface area contributed by atoms with E-state index in [4.69, 9.17) is 11.6 Å². The average molecular weight is 419 g/mol. The van der Waals surface area contributed by atoms with Crippen LogP contribution >= 0.6 is 11.6 Å². The van der Waals surface area contributed by atoms with Crippen molar-refractivity contribution in [1.82, 2.24) is 14.9 Å². The SMILES string of the molecule is C[C@H]1c2c(Cl)cc(F)cc2CCN1C(=O)CNc1cc2nc[nH]c(=O)c2cc1F. The number of aromatic nitrogens is 2. The van der Waals surface area contributed by atoms with Crippen LogP contribution < -0.4 is 10.9 Å². The van der Waals surface area contributed by atoms with Gasteiger partial charge in [0.1, 0.15) is 11.6 Å². The standard InChI is InChI=1S/C20H17ClF2N4O2/c1-10-19-11(4-12(22)5-14(19)21)2-3-27(10)18(28)8-24-17-7-16-13(6-15(17)23)20(29)26-9-25-16/h4-7,9-10,24H,2-3,8H2,1H3,(H,25,26,29)/t10-/m0/s1. The molecule has 0 spiro atoms. The van der Waals surface area contributed by atoms with Crippen molar-refractivity contribution in [1.29, 1.82) is 0 Å². The highest BCUT2D eigenvalue weighted by Crippen LogP contribution is 2.35. The third-order valence-electron chi connectivity index (χ3n) is 5.17. The molecule has 0 fully saturated rings. The van der Waals surface area contributed by atoms with E-state index in [-0.39, 0.29) is 34.6 Å². The van der Waals surface area contributed by atoms with Gasteiger partial charge in [0.2, 0.25) is 5.91 Å². The minimum atomic E-state index is -0.653. The summed E-state index contributed by atoms with van der Waals surface area (Å²) >= 11 is 6.20. The Balaban J connectivity index is 1.52. The Morgan fingerprint density at radius 2 is 2.14 bits per heavy atom. The number of amides is 1. The lowest BCUT2D eigenvalue weighted by Gasteiger charge is -2.36. The van der Waals surface area contributed by atoms with Gasteiger partial charge < -0.3 is 15.2 Å². The van der Waals surface area contributed by atoms with Gasteiger partial charge in [-0.05, 0) is 48.7 Å². The highest BCUT2D eigenvalue weighted by atomic mass is 35.5. The number of halogens is 3. The van der Waals surface area contributed by atoms with Gasteiger partial charge in [-0.15, -0.1) is 0 Å². The molecule has 0 aliphatic carbocycles. The fraction of sp³-hybridized carbons (Fsp3) is 0.250. The summed E-state index contributed by atoms with van der Waals surface area (Å²) in [5.41, 5.74) is 1.48. The fourth-order valence-corrected chi connectivity index (χ4v) is 4.12. The summed E-state index contributed by atoms with van der Waals surface area (Å²) in [6, 6.07) is 4.83. The Kier molecular flexibility index (Phi) is 4.96. The number of hydrogen-bond acceptors (Lipinski definition) is 4. The summed E-state index contributed by atoms with van der Waals surface area (Å²) in [7, 11) is 0. The fourth-order valence-electron chi connectivity index (χ4n) is 3.74. The second-order valence-corrected chi connectivity index (χ2v) is 7.32. The van der Waals surface area contributed by atoms with Crippen LogP contribution in [0.1, 0.15) is 24.1 Å². The number of nitrogens with one attached hydrogen (secondary N) is 2. The molecule has 1 amide bonds. The first kappa shape index (κ1) is 19.3. The zero-order chi connectivity index (χ0) is 20.7. The summed E-state index contributed by atoms with van der Waals surface area (Å²) in [5, 5.41) is 3.19. The van der Waals surface area contributed by atoms with Crippen LogP contribution in [0.5, 0.6) is 0 Å². The van der Waals surface area contributed by atoms with E-state index >= 15 is 0 Å². The lowest BCUT2D eigenvalue weighted by molar-refractivity contribution is -0.131. The smallest absolute Gasteiger partial charge is 0.258 e. The summed E-state index contributed by atoms with van der Waals surface area (Å²) in [4.78, 5) is 32.5. The number of rotatable bonds is 3. The predicted octanol–water partition coefficient (Wildman–Crippen LogP) is 3.41. The van der Waals surface area contributed by atoms with Crippen molar-refractivity contribution in [3.63, 3.8) is 0 Å². The van der Waals surface area contributed by atoms with Gasteiger partial charge in [0, 0.05) is 11.6 Å². The minimum Gasteiger partial charge on any atom is -0.374 e. The maximum absolute atomic E-state index is 14.3. The number of benzene rings is 2. The maximum atomic E-state index is 14.3. The first-order chi connectivity index (χ1) is 13.8. The molecule has 0 bridgehead atoms. The van der Waals surface area contributed by atoms with Crippen molar-refractivity contribution < 1.29 is 13.6 Å². The second-order valence-electron chi connectivity index (χ2n) is 6.91. The molecule has 2 aromatic carbocycles. The van der Waals surface area contributed by atoms with Gasteiger partial charge in [-0.3, -0.25) is 9.59 Å². The molecule has 2 N–H and O–H groups in total. The van der Waals surface area contributed by atoms with Crippen LogP contribution in [0.3, 0.4) is 0 Å². The van der Waals surface area contributed by atoms with E-state index in [0.29, 0.717) is 18.5 Å². The normalized spacial score (nSPS) is 16.0. The van der Waals surface area contributed by atoms with E-state index in [1.807, 2.05) is 6.92 Å². The minimum absolute atomic E-state index is 0.0779. The molecule has 150 valence electrons. The molecule has 1 aliphatic rings. The van der Waals surface area contributed by atoms with Crippen molar-refractivity contribution in [2.75, 3.05) is 18.4 Å².